The number of fused-ring (bicyclic) bond motifs is 3. The average molecular weight is 426 g/mol. The average Bonchev–Trinajstić information content (AvgIpc) is 2.82. The van der Waals surface area contributed by atoms with Gasteiger partial charge in [0.25, 0.3) is 0 Å². The molecule has 2 aromatic carbocycles. The Morgan fingerprint density at radius 2 is 1.90 bits per heavy atom. The van der Waals surface area contributed by atoms with Gasteiger partial charge in [-0.15, -0.1) is 0 Å². The molecule has 2 aliphatic rings. The van der Waals surface area contributed by atoms with Crippen LogP contribution in [0.2, 0.25) is 0 Å². The van der Waals surface area contributed by atoms with E-state index in [1.54, 1.807) is 21.3 Å². The molecule has 0 aromatic heterocycles. The van der Waals surface area contributed by atoms with Crippen LogP contribution in [0.25, 0.3) is 0 Å². The van der Waals surface area contributed by atoms with Crippen LogP contribution >= 0.6 is 0 Å². The molecular formula is C24H31N3O4. The van der Waals surface area contributed by atoms with Crippen LogP contribution in [0, 0.1) is 5.92 Å². The van der Waals surface area contributed by atoms with Gasteiger partial charge in [-0.05, 0) is 30.2 Å². The minimum atomic E-state index is -0.143. The maximum atomic E-state index is 13.2. The Labute approximate surface area is 183 Å². The van der Waals surface area contributed by atoms with Crippen molar-refractivity contribution in [2.45, 2.75) is 12.5 Å². The summed E-state index contributed by atoms with van der Waals surface area (Å²) in [4.78, 5) is 17.9. The fraction of sp³-hybridized carbons (Fsp3) is 0.458. The predicted molar refractivity (Wildman–Crippen MR) is 121 cm³/mol. The first kappa shape index (κ1) is 21.3. The summed E-state index contributed by atoms with van der Waals surface area (Å²) in [5.41, 5.74) is 3.43. The lowest BCUT2D eigenvalue weighted by Gasteiger charge is -2.49. The number of para-hydroxylation sites is 2. The van der Waals surface area contributed by atoms with Crippen LogP contribution in [-0.4, -0.2) is 66.1 Å². The van der Waals surface area contributed by atoms with Gasteiger partial charge in [0.05, 0.1) is 38.5 Å². The highest BCUT2D eigenvalue weighted by molar-refractivity contribution is 5.82. The number of hydrogen-bond acceptors (Lipinski definition) is 6. The van der Waals surface area contributed by atoms with E-state index in [0.717, 1.165) is 36.8 Å². The summed E-state index contributed by atoms with van der Waals surface area (Å²) < 4.78 is 16.2. The molecule has 0 radical (unpaired) electrons. The van der Waals surface area contributed by atoms with Crippen LogP contribution in [0.4, 0.5) is 11.4 Å². The Balaban J connectivity index is 1.64. The summed E-state index contributed by atoms with van der Waals surface area (Å²) in [6.45, 7) is 3.45. The van der Waals surface area contributed by atoms with Crippen molar-refractivity contribution in [2.75, 3.05) is 63.9 Å². The Morgan fingerprint density at radius 3 is 2.68 bits per heavy atom. The third-order valence-corrected chi connectivity index (χ3v) is 6.29. The largest absolute Gasteiger partial charge is 0.497 e. The smallest absolute Gasteiger partial charge is 0.225 e. The minimum absolute atomic E-state index is 0.0563. The number of amides is 1. The van der Waals surface area contributed by atoms with Crippen LogP contribution in [-0.2, 0) is 16.0 Å². The van der Waals surface area contributed by atoms with E-state index in [2.05, 4.69) is 33.3 Å². The van der Waals surface area contributed by atoms with Crippen molar-refractivity contribution in [1.82, 2.24) is 5.32 Å². The molecule has 2 atom stereocenters. The molecule has 7 nitrogen and oxygen atoms in total. The van der Waals surface area contributed by atoms with E-state index in [1.165, 1.54) is 11.3 Å². The zero-order chi connectivity index (χ0) is 21.8. The molecule has 1 N–H and O–H groups in total. The highest BCUT2D eigenvalue weighted by Crippen LogP contribution is 2.40. The lowest BCUT2D eigenvalue weighted by Crippen LogP contribution is -2.61. The molecule has 0 aliphatic carbocycles. The van der Waals surface area contributed by atoms with Gasteiger partial charge in [0.15, 0.2) is 0 Å². The van der Waals surface area contributed by atoms with Gasteiger partial charge >= 0.3 is 0 Å². The molecule has 7 heteroatoms. The van der Waals surface area contributed by atoms with Gasteiger partial charge in [0.2, 0.25) is 5.91 Å². The maximum absolute atomic E-state index is 13.2. The van der Waals surface area contributed by atoms with Crippen LogP contribution in [0.5, 0.6) is 11.5 Å². The fourth-order valence-electron chi connectivity index (χ4n) is 4.72. The van der Waals surface area contributed by atoms with Crippen LogP contribution in [0.3, 0.4) is 0 Å². The Kier molecular flexibility index (Phi) is 6.51. The first-order chi connectivity index (χ1) is 15.2. The highest BCUT2D eigenvalue weighted by atomic mass is 16.5. The second kappa shape index (κ2) is 9.47. The zero-order valence-electron chi connectivity index (χ0n) is 18.5. The summed E-state index contributed by atoms with van der Waals surface area (Å²) in [6.07, 6.45) is 0.707. The molecule has 1 amide bonds. The first-order valence-corrected chi connectivity index (χ1v) is 10.7. The van der Waals surface area contributed by atoms with Crippen molar-refractivity contribution in [3.05, 3.63) is 48.0 Å². The summed E-state index contributed by atoms with van der Waals surface area (Å²) in [5.74, 6) is 1.63. The Bertz CT molecular complexity index is 919. The van der Waals surface area contributed by atoms with E-state index in [9.17, 15) is 4.79 Å². The second-order valence-corrected chi connectivity index (χ2v) is 7.97. The summed E-state index contributed by atoms with van der Waals surface area (Å²) in [6, 6.07) is 14.3. The van der Waals surface area contributed by atoms with E-state index in [-0.39, 0.29) is 17.9 Å². The molecule has 1 fully saturated rings. The number of rotatable bonds is 7. The van der Waals surface area contributed by atoms with Gasteiger partial charge in [-0.25, -0.2) is 0 Å². The predicted octanol–water partition coefficient (Wildman–Crippen LogP) is 2.33. The Morgan fingerprint density at radius 1 is 1.06 bits per heavy atom. The number of ether oxygens (including phenoxy) is 3. The lowest BCUT2D eigenvalue weighted by molar-refractivity contribution is -0.126. The minimum Gasteiger partial charge on any atom is -0.497 e. The summed E-state index contributed by atoms with van der Waals surface area (Å²) >= 11 is 0. The van der Waals surface area contributed by atoms with E-state index in [0.29, 0.717) is 19.6 Å². The molecule has 2 unspecified atom stereocenters. The van der Waals surface area contributed by atoms with Gasteiger partial charge in [0, 0.05) is 45.0 Å². The molecule has 0 spiro atoms. The van der Waals surface area contributed by atoms with Crippen molar-refractivity contribution in [2.24, 2.45) is 5.92 Å². The number of hydrogen-bond donors (Lipinski definition) is 1. The van der Waals surface area contributed by atoms with Crippen molar-refractivity contribution >= 4 is 17.3 Å². The quantitative estimate of drug-likeness (QED) is 0.687. The van der Waals surface area contributed by atoms with Gasteiger partial charge < -0.3 is 29.3 Å². The fourth-order valence-corrected chi connectivity index (χ4v) is 4.72. The van der Waals surface area contributed by atoms with Crippen LogP contribution in [0.1, 0.15) is 5.56 Å². The molecular weight excluding hydrogens is 394 g/mol. The summed E-state index contributed by atoms with van der Waals surface area (Å²) in [5, 5.41) is 3.06. The standard InChI is InChI=1S/C24H31N3O4/c1-29-13-10-25-24(28)19-14-17-8-9-18(30-2)15-21(17)27-12-11-26(16-22(19)27)20-6-4-5-7-23(20)31-3/h4-9,15,19,22H,10-14,16H2,1-3H3,(H,25,28). The van der Waals surface area contributed by atoms with Crippen molar-refractivity contribution in [3.8, 4) is 11.5 Å². The number of carbonyl (C=O) groups excluding carboxylic acids is 1. The first-order valence-electron chi connectivity index (χ1n) is 10.7. The normalized spacial score (nSPS) is 20.0. The molecule has 0 bridgehead atoms. The van der Waals surface area contributed by atoms with Gasteiger partial charge in [0.1, 0.15) is 11.5 Å². The molecule has 2 heterocycles. The van der Waals surface area contributed by atoms with Crippen molar-refractivity contribution < 1.29 is 19.0 Å². The molecule has 4 rings (SSSR count). The van der Waals surface area contributed by atoms with Gasteiger partial charge in [-0.1, -0.05) is 18.2 Å². The molecule has 31 heavy (non-hydrogen) atoms. The monoisotopic (exact) mass is 425 g/mol. The number of anilines is 2. The molecule has 2 aliphatic heterocycles. The van der Waals surface area contributed by atoms with E-state index < -0.39 is 0 Å². The van der Waals surface area contributed by atoms with Crippen LogP contribution in [0.15, 0.2) is 42.5 Å². The lowest BCUT2D eigenvalue weighted by atomic mass is 9.83. The second-order valence-electron chi connectivity index (χ2n) is 7.97. The van der Waals surface area contributed by atoms with Gasteiger partial charge in [-0.2, -0.15) is 0 Å². The summed E-state index contributed by atoms with van der Waals surface area (Å²) in [7, 11) is 5.03. The highest BCUT2D eigenvalue weighted by Gasteiger charge is 2.42. The maximum Gasteiger partial charge on any atom is 0.225 e. The third-order valence-electron chi connectivity index (χ3n) is 6.29. The van der Waals surface area contributed by atoms with E-state index in [4.69, 9.17) is 14.2 Å². The number of nitrogens with zero attached hydrogens (tertiary/aromatic N) is 2. The third kappa shape index (κ3) is 4.28. The number of carbonyl (C=O) groups is 1. The molecule has 166 valence electrons. The molecule has 1 saturated heterocycles. The Hall–Kier alpha value is -2.93. The molecule has 0 saturated carbocycles. The number of piperazine rings is 1. The topological polar surface area (TPSA) is 63.3 Å². The number of methoxy groups -OCH3 is 3. The number of benzene rings is 2. The van der Waals surface area contributed by atoms with Gasteiger partial charge in [-0.3, -0.25) is 4.79 Å². The van der Waals surface area contributed by atoms with E-state index >= 15 is 0 Å². The zero-order valence-corrected chi connectivity index (χ0v) is 18.5. The van der Waals surface area contributed by atoms with Crippen molar-refractivity contribution in [1.29, 1.82) is 0 Å². The SMILES string of the molecule is COCCNC(=O)C1Cc2ccc(OC)cc2N2CCN(c3ccccc3OC)CC12. The molecule has 2 aromatic rings. The van der Waals surface area contributed by atoms with Crippen LogP contribution < -0.4 is 24.6 Å². The van der Waals surface area contributed by atoms with E-state index in [1.807, 2.05) is 24.3 Å². The van der Waals surface area contributed by atoms with Crippen molar-refractivity contribution in [3.63, 3.8) is 0 Å². The number of nitrogens with one attached hydrogen (secondary N) is 1.